The summed E-state index contributed by atoms with van der Waals surface area (Å²) >= 11 is 0. The van der Waals surface area contributed by atoms with Gasteiger partial charge < -0.3 is 9.90 Å². The van der Waals surface area contributed by atoms with Crippen molar-refractivity contribution in [2.75, 3.05) is 0 Å². The maximum Gasteiger partial charge on any atom is 0.280 e. The van der Waals surface area contributed by atoms with E-state index >= 15 is 0 Å². The number of carboxylic acid groups (broad SMARTS) is 1. The van der Waals surface area contributed by atoms with Crippen molar-refractivity contribution in [1.82, 2.24) is 0 Å². The molecule has 8 nitrogen and oxygen atoms in total. The summed E-state index contributed by atoms with van der Waals surface area (Å²) in [6.45, 7) is 0. The van der Waals surface area contributed by atoms with Crippen molar-refractivity contribution in [1.29, 1.82) is 0 Å². The van der Waals surface area contributed by atoms with E-state index < -0.39 is 21.2 Å². The van der Waals surface area contributed by atoms with E-state index in [1.165, 1.54) is 12.1 Å². The molecule has 8 heteroatoms. The molecule has 4 aliphatic carbocycles. The molecule has 4 bridgehead atoms. The van der Waals surface area contributed by atoms with Gasteiger partial charge in [-0.3, -0.25) is 20.2 Å². The highest BCUT2D eigenvalue weighted by Crippen LogP contribution is 2.67. The van der Waals surface area contributed by atoms with Gasteiger partial charge in [0.15, 0.2) is 0 Å². The fourth-order valence-electron chi connectivity index (χ4n) is 6.51. The Morgan fingerprint density at radius 3 is 2.27 bits per heavy atom. The standard InChI is InChI=1S/C18H20N2O6/c21-16(22)9-17-5-11-3-12(6-17)8-18(7-11,10-17)14-2-1-13(19(23)24)4-15(14)20(25)26/h1-2,4,11-12H,3,5-10H2,(H,21,22)/p-1. The van der Waals surface area contributed by atoms with Crippen molar-refractivity contribution in [3.05, 3.63) is 44.0 Å². The molecule has 0 heterocycles. The summed E-state index contributed by atoms with van der Waals surface area (Å²) in [7, 11) is 0. The summed E-state index contributed by atoms with van der Waals surface area (Å²) in [6.07, 6.45) is 4.85. The lowest BCUT2D eigenvalue weighted by Gasteiger charge is -2.62. The SMILES string of the molecule is O=C([O-])CC12CC3CC(C1)CC(c1ccc([N+](=O)[O-])cc1[N+](=O)[O-])(C3)C2. The number of nitrogens with zero attached hydrogens (tertiary/aromatic N) is 2. The van der Waals surface area contributed by atoms with Crippen molar-refractivity contribution < 1.29 is 19.7 Å². The third-order valence-electron chi connectivity index (χ3n) is 6.66. The first-order chi connectivity index (χ1) is 12.2. The largest absolute Gasteiger partial charge is 0.550 e. The van der Waals surface area contributed by atoms with Crippen LogP contribution < -0.4 is 5.11 Å². The molecular formula is C18H19N2O6-. The van der Waals surface area contributed by atoms with Gasteiger partial charge in [0.05, 0.1) is 15.9 Å². The van der Waals surface area contributed by atoms with Crippen LogP contribution in [0.5, 0.6) is 0 Å². The number of hydrogen-bond acceptors (Lipinski definition) is 6. The van der Waals surface area contributed by atoms with Crippen molar-refractivity contribution in [2.24, 2.45) is 17.3 Å². The van der Waals surface area contributed by atoms with Gasteiger partial charge in [0, 0.05) is 23.0 Å². The van der Waals surface area contributed by atoms with Crippen LogP contribution in [0.25, 0.3) is 0 Å². The Hall–Kier alpha value is -2.51. The van der Waals surface area contributed by atoms with E-state index in [2.05, 4.69) is 0 Å². The molecule has 0 amide bonds. The van der Waals surface area contributed by atoms with Crippen LogP contribution >= 0.6 is 0 Å². The van der Waals surface area contributed by atoms with E-state index in [-0.39, 0.29) is 23.2 Å². The molecule has 4 fully saturated rings. The van der Waals surface area contributed by atoms with Crippen LogP contribution in [-0.4, -0.2) is 15.8 Å². The molecule has 0 spiro atoms. The lowest BCUT2D eigenvalue weighted by molar-refractivity contribution is -0.395. The zero-order valence-electron chi connectivity index (χ0n) is 14.2. The summed E-state index contributed by atoms with van der Waals surface area (Å²) < 4.78 is 0. The summed E-state index contributed by atoms with van der Waals surface area (Å²) in [6, 6.07) is 3.89. The third kappa shape index (κ3) is 2.55. The van der Waals surface area contributed by atoms with E-state index in [1.807, 2.05) is 0 Å². The van der Waals surface area contributed by atoms with Crippen LogP contribution in [0.4, 0.5) is 11.4 Å². The number of nitro groups is 2. The topological polar surface area (TPSA) is 126 Å². The van der Waals surface area contributed by atoms with Crippen LogP contribution in [0.3, 0.4) is 0 Å². The first-order valence-electron chi connectivity index (χ1n) is 8.85. The Bertz CT molecular complexity index is 806. The molecular weight excluding hydrogens is 340 g/mol. The van der Waals surface area contributed by atoms with Gasteiger partial charge in [-0.1, -0.05) is 0 Å². The van der Waals surface area contributed by atoms with Crippen LogP contribution in [0.15, 0.2) is 18.2 Å². The van der Waals surface area contributed by atoms with Gasteiger partial charge in [-0.2, -0.15) is 0 Å². The van der Waals surface area contributed by atoms with Crippen molar-refractivity contribution in [3.8, 4) is 0 Å². The molecule has 2 atom stereocenters. The number of benzene rings is 1. The number of carbonyl (C=O) groups is 1. The maximum atomic E-state index is 11.6. The quantitative estimate of drug-likeness (QED) is 0.587. The zero-order valence-corrected chi connectivity index (χ0v) is 14.2. The summed E-state index contributed by atoms with van der Waals surface area (Å²) in [5.41, 5.74) is -0.806. The van der Waals surface area contributed by atoms with Gasteiger partial charge in [-0.15, -0.1) is 0 Å². The van der Waals surface area contributed by atoms with Crippen LogP contribution in [0.2, 0.25) is 0 Å². The Labute approximate surface area is 149 Å². The van der Waals surface area contributed by atoms with Crippen LogP contribution in [0.1, 0.15) is 50.5 Å². The van der Waals surface area contributed by atoms with E-state index in [1.54, 1.807) is 0 Å². The normalized spacial score (nSPS) is 34.6. The Balaban J connectivity index is 1.81. The molecule has 138 valence electrons. The molecule has 0 radical (unpaired) electrons. The molecule has 0 aliphatic heterocycles. The van der Waals surface area contributed by atoms with Crippen molar-refractivity contribution >= 4 is 17.3 Å². The molecule has 2 unspecified atom stereocenters. The predicted molar refractivity (Wildman–Crippen MR) is 88.2 cm³/mol. The minimum Gasteiger partial charge on any atom is -0.550 e. The monoisotopic (exact) mass is 359 g/mol. The molecule has 26 heavy (non-hydrogen) atoms. The Morgan fingerprint density at radius 1 is 1.08 bits per heavy atom. The minimum absolute atomic E-state index is 0.0114. The van der Waals surface area contributed by atoms with Crippen LogP contribution in [-0.2, 0) is 10.2 Å². The summed E-state index contributed by atoms with van der Waals surface area (Å²) in [5.74, 6) is -0.365. The summed E-state index contributed by atoms with van der Waals surface area (Å²) in [5, 5.41) is 34.0. The Kier molecular flexibility index (Phi) is 3.58. The van der Waals surface area contributed by atoms with E-state index in [9.17, 15) is 30.1 Å². The first-order valence-corrected chi connectivity index (χ1v) is 8.85. The second kappa shape index (κ2) is 5.49. The molecule has 5 rings (SSSR count). The van der Waals surface area contributed by atoms with Gasteiger partial charge in [-0.05, 0) is 68.3 Å². The van der Waals surface area contributed by atoms with Gasteiger partial charge >= 0.3 is 0 Å². The fraction of sp³-hybridized carbons (Fsp3) is 0.611. The summed E-state index contributed by atoms with van der Waals surface area (Å²) in [4.78, 5) is 32.8. The second-order valence-electron chi connectivity index (χ2n) is 8.51. The predicted octanol–water partition coefficient (Wildman–Crippen LogP) is 2.48. The van der Waals surface area contributed by atoms with E-state index in [0.29, 0.717) is 23.8 Å². The van der Waals surface area contributed by atoms with Gasteiger partial charge in [-0.25, -0.2) is 0 Å². The number of non-ortho nitro benzene ring substituents is 1. The highest BCUT2D eigenvalue weighted by molar-refractivity contribution is 5.65. The number of hydrogen-bond donors (Lipinski definition) is 0. The fourth-order valence-corrected chi connectivity index (χ4v) is 6.51. The van der Waals surface area contributed by atoms with E-state index in [0.717, 1.165) is 38.2 Å². The molecule has 4 saturated carbocycles. The molecule has 0 saturated heterocycles. The van der Waals surface area contributed by atoms with Crippen molar-refractivity contribution in [2.45, 2.75) is 50.4 Å². The number of rotatable bonds is 5. The molecule has 0 aromatic heterocycles. The molecule has 1 aromatic carbocycles. The number of carboxylic acids is 1. The average Bonchev–Trinajstić information content (AvgIpc) is 2.51. The number of aliphatic carboxylic acids is 1. The minimum atomic E-state index is -1.07. The molecule has 4 aliphatic rings. The highest BCUT2D eigenvalue weighted by atomic mass is 16.6. The first kappa shape index (κ1) is 16.9. The van der Waals surface area contributed by atoms with Crippen LogP contribution in [0, 0.1) is 37.5 Å². The van der Waals surface area contributed by atoms with Gasteiger partial charge in [0.2, 0.25) is 0 Å². The third-order valence-corrected chi connectivity index (χ3v) is 6.66. The Morgan fingerprint density at radius 2 is 1.73 bits per heavy atom. The lowest BCUT2D eigenvalue weighted by Crippen LogP contribution is -2.55. The van der Waals surface area contributed by atoms with Gasteiger partial charge in [0.25, 0.3) is 11.4 Å². The van der Waals surface area contributed by atoms with Gasteiger partial charge in [0.1, 0.15) is 0 Å². The average molecular weight is 359 g/mol. The molecule has 0 N–H and O–H groups in total. The second-order valence-corrected chi connectivity index (χ2v) is 8.51. The lowest BCUT2D eigenvalue weighted by atomic mass is 9.42. The number of nitro benzene ring substituents is 2. The van der Waals surface area contributed by atoms with E-state index in [4.69, 9.17) is 0 Å². The highest BCUT2D eigenvalue weighted by Gasteiger charge is 2.59. The smallest absolute Gasteiger partial charge is 0.280 e. The van der Waals surface area contributed by atoms with Crippen molar-refractivity contribution in [3.63, 3.8) is 0 Å². The zero-order chi connectivity index (χ0) is 18.7. The molecule has 1 aromatic rings. The maximum absolute atomic E-state index is 11.6. The number of carbonyl (C=O) groups excluding carboxylic acids is 1.